The van der Waals surface area contributed by atoms with Crippen molar-refractivity contribution in [2.24, 2.45) is 8.73 Å². The molecule has 0 aromatic carbocycles. The molecule has 19 heavy (non-hydrogen) atoms. The fourth-order valence-corrected chi connectivity index (χ4v) is 5.07. The number of nitrogens with zero attached hydrogens (tertiary/aromatic N) is 2. The van der Waals surface area contributed by atoms with E-state index in [4.69, 9.17) is 0 Å². The standard InChI is InChI=1S/C12H17N3O2S2/c16-19(17,15-9-5-2-1-3-6-9)11-8-4-7-10-12(11)14-18-13-10/h4,7-10,12,15H,1-3,5-6H2/t10-,12-/m0/s1. The van der Waals surface area contributed by atoms with Gasteiger partial charge in [0.05, 0.1) is 16.3 Å². The van der Waals surface area contributed by atoms with Gasteiger partial charge in [-0.2, -0.15) is 0 Å². The Balaban J connectivity index is 1.78. The molecule has 1 saturated carbocycles. The zero-order valence-corrected chi connectivity index (χ0v) is 12.2. The van der Waals surface area contributed by atoms with Gasteiger partial charge in [-0.05, 0) is 18.9 Å². The van der Waals surface area contributed by atoms with Gasteiger partial charge >= 0.3 is 0 Å². The third-order valence-corrected chi connectivity index (χ3v) is 6.05. The van der Waals surface area contributed by atoms with Crippen LogP contribution in [-0.4, -0.2) is 26.5 Å². The van der Waals surface area contributed by atoms with E-state index in [1.54, 1.807) is 12.2 Å². The molecular weight excluding hydrogens is 282 g/mol. The monoisotopic (exact) mass is 299 g/mol. The van der Waals surface area contributed by atoms with Crippen molar-refractivity contribution in [2.45, 2.75) is 50.2 Å². The van der Waals surface area contributed by atoms with E-state index in [1.807, 2.05) is 6.08 Å². The minimum Gasteiger partial charge on any atom is -0.208 e. The predicted molar refractivity (Wildman–Crippen MR) is 75.9 cm³/mol. The van der Waals surface area contributed by atoms with E-state index in [1.165, 1.54) is 6.42 Å². The maximum atomic E-state index is 12.5. The van der Waals surface area contributed by atoms with Crippen LogP contribution >= 0.6 is 0 Å². The number of hydrogen-bond donors (Lipinski definition) is 1. The van der Waals surface area contributed by atoms with Crippen molar-refractivity contribution < 1.29 is 8.42 Å². The van der Waals surface area contributed by atoms with Crippen LogP contribution in [0.25, 0.3) is 0 Å². The van der Waals surface area contributed by atoms with Crippen LogP contribution in [0, 0.1) is 0 Å². The molecule has 5 nitrogen and oxygen atoms in total. The predicted octanol–water partition coefficient (Wildman–Crippen LogP) is 1.89. The van der Waals surface area contributed by atoms with Crippen LogP contribution in [-0.2, 0) is 21.4 Å². The van der Waals surface area contributed by atoms with E-state index in [0.717, 1.165) is 37.0 Å². The molecule has 3 aliphatic rings. The first-order valence-corrected chi connectivity index (χ1v) is 8.85. The molecule has 0 unspecified atom stereocenters. The number of fused-ring (bicyclic) bond motifs is 1. The molecule has 7 heteroatoms. The number of rotatable bonds is 3. The molecule has 0 radical (unpaired) electrons. The number of nitrogens with one attached hydrogen (secondary N) is 1. The Hall–Kier alpha value is -0.790. The first-order valence-electron chi connectivity index (χ1n) is 6.64. The summed E-state index contributed by atoms with van der Waals surface area (Å²) >= 11 is 1.11. The van der Waals surface area contributed by atoms with Gasteiger partial charge in [-0.25, -0.2) is 21.9 Å². The summed E-state index contributed by atoms with van der Waals surface area (Å²) in [7, 11) is -3.44. The average Bonchev–Trinajstić information content (AvgIpc) is 2.87. The Bertz CT molecular complexity index is 582. The van der Waals surface area contributed by atoms with Gasteiger partial charge in [-0.15, -0.1) is 0 Å². The van der Waals surface area contributed by atoms with Crippen molar-refractivity contribution in [1.29, 1.82) is 0 Å². The molecule has 1 fully saturated rings. The lowest BCUT2D eigenvalue weighted by atomic mass is 9.96. The molecule has 0 spiro atoms. The second-order valence-electron chi connectivity index (χ2n) is 5.14. The van der Waals surface area contributed by atoms with Crippen molar-refractivity contribution in [3.63, 3.8) is 0 Å². The lowest BCUT2D eigenvalue weighted by molar-refractivity contribution is 0.412. The summed E-state index contributed by atoms with van der Waals surface area (Å²) < 4.78 is 36.2. The largest absolute Gasteiger partial charge is 0.239 e. The zero-order chi connectivity index (χ0) is 13.3. The van der Waals surface area contributed by atoms with E-state index in [0.29, 0.717) is 4.91 Å². The highest BCUT2D eigenvalue weighted by atomic mass is 32.2. The number of sulfonamides is 1. The van der Waals surface area contributed by atoms with Gasteiger partial charge in [0, 0.05) is 6.04 Å². The summed E-state index contributed by atoms with van der Waals surface area (Å²) in [5.41, 5.74) is 0. The number of hydrogen-bond acceptors (Lipinski definition) is 4. The third kappa shape index (κ3) is 2.73. The fourth-order valence-electron chi connectivity index (χ4n) is 2.73. The van der Waals surface area contributed by atoms with Crippen LogP contribution in [0.4, 0.5) is 0 Å². The van der Waals surface area contributed by atoms with Gasteiger partial charge in [0.15, 0.2) is 0 Å². The summed E-state index contributed by atoms with van der Waals surface area (Å²) in [6, 6.07) is -0.404. The second-order valence-corrected chi connectivity index (χ2v) is 7.44. The van der Waals surface area contributed by atoms with E-state index in [9.17, 15) is 8.42 Å². The molecule has 1 aliphatic heterocycles. The van der Waals surface area contributed by atoms with Crippen LogP contribution < -0.4 is 4.72 Å². The minimum absolute atomic E-state index is 0.0787. The molecule has 2 aliphatic carbocycles. The fraction of sp³-hybridized carbons (Fsp3) is 0.667. The van der Waals surface area contributed by atoms with Crippen molar-refractivity contribution in [2.75, 3.05) is 0 Å². The minimum atomic E-state index is -3.44. The van der Waals surface area contributed by atoms with E-state index >= 15 is 0 Å². The Kier molecular flexibility index (Phi) is 3.68. The van der Waals surface area contributed by atoms with E-state index in [2.05, 4.69) is 13.4 Å². The molecular formula is C12H17N3O2S2. The summed E-state index contributed by atoms with van der Waals surface area (Å²) in [4.78, 5) is 0.360. The smallest absolute Gasteiger partial charge is 0.208 e. The Morgan fingerprint density at radius 3 is 2.79 bits per heavy atom. The van der Waals surface area contributed by atoms with Crippen LogP contribution in [0.5, 0.6) is 0 Å². The van der Waals surface area contributed by atoms with E-state index in [-0.39, 0.29) is 18.1 Å². The molecule has 0 aromatic rings. The first kappa shape index (κ1) is 13.2. The molecule has 1 heterocycles. The topological polar surface area (TPSA) is 70.9 Å². The molecule has 3 rings (SSSR count). The quantitative estimate of drug-likeness (QED) is 0.864. The van der Waals surface area contributed by atoms with Gasteiger partial charge in [-0.1, -0.05) is 31.4 Å². The molecule has 0 amide bonds. The highest BCUT2D eigenvalue weighted by Gasteiger charge is 2.35. The van der Waals surface area contributed by atoms with E-state index < -0.39 is 10.0 Å². The van der Waals surface area contributed by atoms with Gasteiger partial charge in [0.2, 0.25) is 10.0 Å². The highest BCUT2D eigenvalue weighted by molar-refractivity contribution is 7.93. The zero-order valence-electron chi connectivity index (χ0n) is 10.5. The van der Waals surface area contributed by atoms with Gasteiger partial charge in [0.25, 0.3) is 0 Å². The van der Waals surface area contributed by atoms with Crippen molar-refractivity contribution >= 4 is 21.4 Å². The van der Waals surface area contributed by atoms with Crippen molar-refractivity contribution in [3.05, 3.63) is 23.1 Å². The molecule has 1 N–H and O–H groups in total. The highest BCUT2D eigenvalue weighted by Crippen LogP contribution is 2.27. The van der Waals surface area contributed by atoms with Crippen LogP contribution in [0.2, 0.25) is 0 Å². The van der Waals surface area contributed by atoms with Gasteiger partial charge < -0.3 is 0 Å². The summed E-state index contributed by atoms with van der Waals surface area (Å²) in [6.45, 7) is 0. The first-order chi connectivity index (χ1) is 9.17. The SMILES string of the molecule is O=S(=O)(NC1CCCCC1)C1=CC=C[C@@H]2N=S=N[C@H]12. The summed E-state index contributed by atoms with van der Waals surface area (Å²) in [6.07, 6.45) is 10.6. The number of allylic oxidation sites excluding steroid dienone is 2. The third-order valence-electron chi connectivity index (χ3n) is 3.75. The lowest BCUT2D eigenvalue weighted by Gasteiger charge is -2.25. The van der Waals surface area contributed by atoms with Crippen LogP contribution in [0.1, 0.15) is 32.1 Å². The molecule has 0 aromatic heterocycles. The lowest BCUT2D eigenvalue weighted by Crippen LogP contribution is -2.40. The Labute approximate surface area is 117 Å². The molecule has 2 atom stereocenters. The van der Waals surface area contributed by atoms with Crippen LogP contribution in [0.3, 0.4) is 0 Å². The van der Waals surface area contributed by atoms with Gasteiger partial charge in [0.1, 0.15) is 12.1 Å². The van der Waals surface area contributed by atoms with Crippen molar-refractivity contribution in [1.82, 2.24) is 4.72 Å². The molecule has 0 saturated heterocycles. The van der Waals surface area contributed by atoms with Gasteiger partial charge in [-0.3, -0.25) is 0 Å². The molecule has 104 valence electrons. The molecule has 0 bridgehead atoms. The summed E-state index contributed by atoms with van der Waals surface area (Å²) in [5.74, 6) is 0. The Morgan fingerprint density at radius 1 is 1.21 bits per heavy atom. The maximum absolute atomic E-state index is 12.5. The van der Waals surface area contributed by atoms with Crippen LogP contribution in [0.15, 0.2) is 31.9 Å². The normalized spacial score (nSPS) is 30.8. The van der Waals surface area contributed by atoms with Crippen molar-refractivity contribution in [3.8, 4) is 0 Å². The second kappa shape index (κ2) is 5.30. The average molecular weight is 299 g/mol. The summed E-state index contributed by atoms with van der Waals surface area (Å²) in [5, 5.41) is 0. The Morgan fingerprint density at radius 2 is 2.00 bits per heavy atom. The maximum Gasteiger partial charge on any atom is 0.239 e.